The average Bonchev–Trinajstić information content (AvgIpc) is 2.63. The van der Waals surface area contributed by atoms with Gasteiger partial charge < -0.3 is 10.1 Å². The lowest BCUT2D eigenvalue weighted by Crippen LogP contribution is -2.45. The lowest BCUT2D eigenvalue weighted by molar-refractivity contribution is -0.385. The van der Waals surface area contributed by atoms with Crippen LogP contribution in [0, 0.1) is 10.1 Å². The predicted molar refractivity (Wildman–Crippen MR) is 97.2 cm³/mol. The van der Waals surface area contributed by atoms with Crippen molar-refractivity contribution in [2.24, 2.45) is 0 Å². The van der Waals surface area contributed by atoms with E-state index in [-0.39, 0.29) is 29.1 Å². The number of halogens is 1. The van der Waals surface area contributed by atoms with Crippen molar-refractivity contribution in [1.82, 2.24) is 15.2 Å². The van der Waals surface area contributed by atoms with E-state index in [1.165, 1.54) is 6.07 Å². The zero-order chi connectivity index (χ0) is 16.9. The van der Waals surface area contributed by atoms with Crippen molar-refractivity contribution in [3.05, 3.63) is 64.0 Å². The number of nitrogens with one attached hydrogen (secondary N) is 1. The fourth-order valence-electron chi connectivity index (χ4n) is 3.06. The van der Waals surface area contributed by atoms with Crippen molar-refractivity contribution in [2.45, 2.75) is 12.6 Å². The third-order valence-electron chi connectivity index (χ3n) is 4.27. The average molecular weight is 365 g/mol. The molecule has 1 aromatic heterocycles. The molecule has 0 spiro atoms. The molecule has 2 heterocycles. The van der Waals surface area contributed by atoms with E-state index in [2.05, 4.69) is 21.3 Å². The second-order valence-electron chi connectivity index (χ2n) is 5.73. The summed E-state index contributed by atoms with van der Waals surface area (Å²) in [5.41, 5.74) is 2.04. The number of nitro benzene ring substituents is 1. The molecule has 25 heavy (non-hydrogen) atoms. The topological polar surface area (TPSA) is 80.5 Å². The molecule has 134 valence electrons. The first kappa shape index (κ1) is 19.1. The highest BCUT2D eigenvalue weighted by Crippen LogP contribution is 2.29. The number of non-ortho nitro benzene ring substituents is 1. The summed E-state index contributed by atoms with van der Waals surface area (Å²) in [6.07, 6.45) is 3.63. The summed E-state index contributed by atoms with van der Waals surface area (Å²) < 4.78 is 5.39. The molecule has 0 amide bonds. The minimum absolute atomic E-state index is 0. The fourth-order valence-corrected chi connectivity index (χ4v) is 3.06. The van der Waals surface area contributed by atoms with Gasteiger partial charge in [-0.2, -0.15) is 0 Å². The lowest BCUT2D eigenvalue weighted by Gasteiger charge is -2.36. The molecule has 7 nitrogen and oxygen atoms in total. The van der Waals surface area contributed by atoms with Gasteiger partial charge in [-0.05, 0) is 17.7 Å². The van der Waals surface area contributed by atoms with Crippen molar-refractivity contribution < 1.29 is 9.66 Å². The molecule has 1 saturated heterocycles. The molecule has 3 rings (SSSR count). The summed E-state index contributed by atoms with van der Waals surface area (Å²) in [6.45, 7) is 3.15. The summed E-state index contributed by atoms with van der Waals surface area (Å²) in [5.74, 6) is 0.670. The Balaban J connectivity index is 0.00000225. The van der Waals surface area contributed by atoms with E-state index < -0.39 is 0 Å². The lowest BCUT2D eigenvalue weighted by atomic mass is 10.0. The van der Waals surface area contributed by atoms with Gasteiger partial charge >= 0.3 is 0 Å². The first-order valence-electron chi connectivity index (χ1n) is 7.85. The monoisotopic (exact) mass is 364 g/mol. The summed E-state index contributed by atoms with van der Waals surface area (Å²) >= 11 is 0. The molecule has 1 fully saturated rings. The van der Waals surface area contributed by atoms with Crippen LogP contribution in [-0.2, 0) is 6.54 Å². The standard InChI is InChI=1S/C17H20N4O3.ClH/c1-24-17-5-4-15(21(22)23)9-14(17)12-20-8-7-19-11-16(20)13-3-2-6-18-10-13;/h2-6,9-10,16,19H,7-8,11-12H2,1H3;1H. The first-order valence-corrected chi connectivity index (χ1v) is 7.85. The van der Waals surface area contributed by atoms with E-state index in [1.807, 2.05) is 12.3 Å². The minimum atomic E-state index is -0.376. The van der Waals surface area contributed by atoms with Crippen LogP contribution in [0.3, 0.4) is 0 Å². The summed E-state index contributed by atoms with van der Waals surface area (Å²) in [6, 6.07) is 8.89. The number of pyridine rings is 1. The Labute approximate surface area is 152 Å². The summed E-state index contributed by atoms with van der Waals surface area (Å²) in [7, 11) is 1.58. The number of nitrogens with zero attached hydrogens (tertiary/aromatic N) is 3. The number of hydrogen-bond acceptors (Lipinski definition) is 6. The van der Waals surface area contributed by atoms with Gasteiger partial charge in [-0.25, -0.2) is 0 Å². The van der Waals surface area contributed by atoms with Crippen molar-refractivity contribution in [3.63, 3.8) is 0 Å². The number of ether oxygens (including phenoxy) is 1. The molecule has 1 atom stereocenters. The Bertz CT molecular complexity index is 714. The molecule has 1 aromatic carbocycles. The summed E-state index contributed by atoms with van der Waals surface area (Å²) in [4.78, 5) is 17.2. The van der Waals surface area contributed by atoms with E-state index in [0.717, 1.165) is 30.8 Å². The van der Waals surface area contributed by atoms with Crippen LogP contribution in [-0.4, -0.2) is 41.6 Å². The first-order chi connectivity index (χ1) is 11.7. The van der Waals surface area contributed by atoms with Crippen LogP contribution in [0.25, 0.3) is 0 Å². The van der Waals surface area contributed by atoms with Gasteiger partial charge in [-0.1, -0.05) is 6.07 Å². The quantitative estimate of drug-likeness (QED) is 0.648. The van der Waals surface area contributed by atoms with Gasteiger partial charge in [0.05, 0.1) is 12.0 Å². The molecule has 8 heteroatoms. The number of methoxy groups -OCH3 is 1. The number of aromatic nitrogens is 1. The van der Waals surface area contributed by atoms with Crippen LogP contribution in [0.1, 0.15) is 17.2 Å². The highest BCUT2D eigenvalue weighted by molar-refractivity contribution is 5.85. The Hall–Kier alpha value is -2.22. The Morgan fingerprint density at radius 2 is 2.28 bits per heavy atom. The Morgan fingerprint density at radius 3 is 2.96 bits per heavy atom. The number of rotatable bonds is 5. The van der Waals surface area contributed by atoms with Gasteiger partial charge in [0.2, 0.25) is 0 Å². The van der Waals surface area contributed by atoms with E-state index >= 15 is 0 Å². The molecule has 1 aliphatic rings. The molecular weight excluding hydrogens is 344 g/mol. The van der Waals surface area contributed by atoms with E-state index in [1.54, 1.807) is 25.4 Å². The summed E-state index contributed by atoms with van der Waals surface area (Å²) in [5, 5.41) is 14.5. The van der Waals surface area contributed by atoms with Crippen LogP contribution in [0.2, 0.25) is 0 Å². The Kier molecular flexibility index (Phi) is 6.69. The fraction of sp³-hybridized carbons (Fsp3) is 0.353. The molecule has 0 saturated carbocycles. The van der Waals surface area contributed by atoms with Crippen LogP contribution in [0.5, 0.6) is 5.75 Å². The molecular formula is C17H21ClN4O3. The molecule has 1 N–H and O–H groups in total. The van der Waals surface area contributed by atoms with Gasteiger partial charge in [0.15, 0.2) is 0 Å². The van der Waals surface area contributed by atoms with Gasteiger partial charge in [0.25, 0.3) is 5.69 Å². The normalized spacial score (nSPS) is 17.6. The predicted octanol–water partition coefficient (Wildman–Crippen LogP) is 2.57. The van der Waals surface area contributed by atoms with Crippen LogP contribution in [0.4, 0.5) is 5.69 Å². The molecule has 2 aromatic rings. The second-order valence-corrected chi connectivity index (χ2v) is 5.73. The maximum Gasteiger partial charge on any atom is 0.270 e. The maximum atomic E-state index is 11.1. The third-order valence-corrected chi connectivity index (χ3v) is 4.27. The third kappa shape index (κ3) is 4.45. The largest absolute Gasteiger partial charge is 0.496 e. The van der Waals surface area contributed by atoms with Crippen molar-refractivity contribution in [2.75, 3.05) is 26.7 Å². The van der Waals surface area contributed by atoms with Gasteiger partial charge in [0, 0.05) is 62.3 Å². The van der Waals surface area contributed by atoms with Crippen LogP contribution in [0.15, 0.2) is 42.7 Å². The van der Waals surface area contributed by atoms with E-state index in [4.69, 9.17) is 4.74 Å². The van der Waals surface area contributed by atoms with E-state index in [0.29, 0.717) is 12.3 Å². The molecule has 0 bridgehead atoms. The maximum absolute atomic E-state index is 11.1. The number of nitro groups is 1. The molecule has 1 unspecified atom stereocenters. The highest BCUT2D eigenvalue weighted by atomic mass is 35.5. The van der Waals surface area contributed by atoms with Gasteiger partial charge in [-0.3, -0.25) is 20.0 Å². The smallest absolute Gasteiger partial charge is 0.270 e. The van der Waals surface area contributed by atoms with Crippen molar-refractivity contribution in [1.29, 1.82) is 0 Å². The Morgan fingerprint density at radius 1 is 1.44 bits per heavy atom. The van der Waals surface area contributed by atoms with Crippen LogP contribution >= 0.6 is 12.4 Å². The van der Waals surface area contributed by atoms with E-state index in [9.17, 15) is 10.1 Å². The van der Waals surface area contributed by atoms with Crippen LogP contribution < -0.4 is 10.1 Å². The number of hydrogen-bond donors (Lipinski definition) is 1. The SMILES string of the molecule is COc1ccc([N+](=O)[O-])cc1CN1CCNCC1c1cccnc1.Cl. The number of benzene rings is 1. The van der Waals surface area contributed by atoms with Crippen molar-refractivity contribution in [3.8, 4) is 5.75 Å². The highest BCUT2D eigenvalue weighted by Gasteiger charge is 2.25. The molecule has 0 radical (unpaired) electrons. The minimum Gasteiger partial charge on any atom is -0.496 e. The van der Waals surface area contributed by atoms with Crippen molar-refractivity contribution >= 4 is 18.1 Å². The van der Waals surface area contributed by atoms with Gasteiger partial charge in [-0.15, -0.1) is 12.4 Å². The zero-order valence-electron chi connectivity index (χ0n) is 13.9. The van der Waals surface area contributed by atoms with Gasteiger partial charge in [0.1, 0.15) is 5.75 Å². The zero-order valence-corrected chi connectivity index (χ0v) is 14.7. The number of piperazine rings is 1. The second kappa shape index (κ2) is 8.75. The molecule has 0 aliphatic carbocycles. The molecule has 1 aliphatic heterocycles.